The minimum Gasteiger partial charge on any atom is -0.389 e. The van der Waals surface area contributed by atoms with E-state index >= 15 is 0 Å². The van der Waals surface area contributed by atoms with Crippen LogP contribution in [0.2, 0.25) is 0 Å². The van der Waals surface area contributed by atoms with E-state index in [2.05, 4.69) is 10.6 Å². The van der Waals surface area contributed by atoms with Gasteiger partial charge in [-0.25, -0.2) is 4.79 Å². The molecule has 2 rings (SSSR count). The zero-order valence-electron chi connectivity index (χ0n) is 11.6. The first-order chi connectivity index (χ1) is 9.47. The van der Waals surface area contributed by atoms with Gasteiger partial charge in [-0.15, -0.1) is 0 Å². The monoisotopic (exact) mass is 277 g/mol. The molecule has 1 fully saturated rings. The zero-order valence-corrected chi connectivity index (χ0v) is 11.6. The topological polar surface area (TPSA) is 81.7 Å². The summed E-state index contributed by atoms with van der Waals surface area (Å²) in [5.41, 5.74) is 1.40. The standard InChI is InChI=1S/C14H19N3O3/c1-9(18)10-3-5-11(6-4-10)15-14(20)16-12-7-8-17(2)13(12)19/h3-6,9,12,18H,7-8H2,1-2H3,(H2,15,16,20). The van der Waals surface area contributed by atoms with Crippen LogP contribution >= 0.6 is 0 Å². The molecule has 6 nitrogen and oxygen atoms in total. The maximum Gasteiger partial charge on any atom is 0.319 e. The number of hydrogen-bond acceptors (Lipinski definition) is 3. The van der Waals surface area contributed by atoms with E-state index in [1.807, 2.05) is 0 Å². The van der Waals surface area contributed by atoms with Gasteiger partial charge in [0.2, 0.25) is 5.91 Å². The first-order valence-corrected chi connectivity index (χ1v) is 6.58. The summed E-state index contributed by atoms with van der Waals surface area (Å²) in [6, 6.07) is 6.07. The van der Waals surface area contributed by atoms with Crippen molar-refractivity contribution in [2.45, 2.75) is 25.5 Å². The maximum atomic E-state index is 11.8. The molecule has 3 amide bonds. The highest BCUT2D eigenvalue weighted by Gasteiger charge is 2.30. The molecule has 20 heavy (non-hydrogen) atoms. The van der Waals surface area contributed by atoms with Gasteiger partial charge in [0.25, 0.3) is 0 Å². The minimum atomic E-state index is -0.537. The van der Waals surface area contributed by atoms with E-state index in [4.69, 9.17) is 0 Å². The number of urea groups is 1. The molecule has 6 heteroatoms. The van der Waals surface area contributed by atoms with Crippen molar-refractivity contribution in [3.63, 3.8) is 0 Å². The normalized spacial score (nSPS) is 19.9. The van der Waals surface area contributed by atoms with Crippen LogP contribution in [0.15, 0.2) is 24.3 Å². The van der Waals surface area contributed by atoms with Gasteiger partial charge < -0.3 is 20.6 Å². The molecule has 0 saturated carbocycles. The van der Waals surface area contributed by atoms with Crippen LogP contribution in [0.1, 0.15) is 25.0 Å². The SMILES string of the molecule is CC(O)c1ccc(NC(=O)NC2CCN(C)C2=O)cc1. The van der Waals surface area contributed by atoms with Crippen LogP contribution in [0.25, 0.3) is 0 Å². The van der Waals surface area contributed by atoms with Gasteiger partial charge >= 0.3 is 6.03 Å². The van der Waals surface area contributed by atoms with E-state index in [-0.39, 0.29) is 5.91 Å². The highest BCUT2D eigenvalue weighted by molar-refractivity contribution is 5.94. The van der Waals surface area contributed by atoms with Crippen molar-refractivity contribution in [2.24, 2.45) is 0 Å². The Balaban J connectivity index is 1.90. The van der Waals surface area contributed by atoms with Crippen LogP contribution in [-0.4, -0.2) is 41.6 Å². The molecule has 0 spiro atoms. The number of carbonyl (C=O) groups excluding carboxylic acids is 2. The summed E-state index contributed by atoms with van der Waals surface area (Å²) in [4.78, 5) is 25.1. The lowest BCUT2D eigenvalue weighted by molar-refractivity contribution is -0.128. The van der Waals surface area contributed by atoms with E-state index in [0.717, 1.165) is 5.56 Å². The van der Waals surface area contributed by atoms with Crippen molar-refractivity contribution in [1.29, 1.82) is 0 Å². The number of rotatable bonds is 3. The molecule has 1 aromatic carbocycles. The lowest BCUT2D eigenvalue weighted by Crippen LogP contribution is -2.42. The molecule has 2 atom stereocenters. The van der Waals surface area contributed by atoms with Gasteiger partial charge in [0.15, 0.2) is 0 Å². The first-order valence-electron chi connectivity index (χ1n) is 6.58. The molecule has 0 aromatic heterocycles. The number of hydrogen-bond donors (Lipinski definition) is 3. The molecule has 1 saturated heterocycles. The molecule has 0 radical (unpaired) electrons. The van der Waals surface area contributed by atoms with E-state index in [9.17, 15) is 14.7 Å². The molecule has 1 aliphatic heterocycles. The van der Waals surface area contributed by atoms with Crippen molar-refractivity contribution >= 4 is 17.6 Å². The van der Waals surface area contributed by atoms with Crippen LogP contribution in [0, 0.1) is 0 Å². The Labute approximate surface area is 117 Å². The minimum absolute atomic E-state index is 0.0652. The molecule has 1 heterocycles. The van der Waals surface area contributed by atoms with Crippen molar-refractivity contribution in [1.82, 2.24) is 10.2 Å². The third kappa shape index (κ3) is 3.27. The Morgan fingerprint density at radius 3 is 2.55 bits per heavy atom. The fraction of sp³-hybridized carbons (Fsp3) is 0.429. The highest BCUT2D eigenvalue weighted by Crippen LogP contribution is 2.15. The summed E-state index contributed by atoms with van der Waals surface area (Å²) in [5, 5.41) is 14.7. The first kappa shape index (κ1) is 14.3. The smallest absolute Gasteiger partial charge is 0.319 e. The number of nitrogens with one attached hydrogen (secondary N) is 2. The number of benzene rings is 1. The number of likely N-dealkylation sites (tertiary alicyclic amines) is 1. The summed E-state index contributed by atoms with van der Waals surface area (Å²) in [7, 11) is 1.72. The molecular formula is C14H19N3O3. The molecule has 108 valence electrons. The van der Waals surface area contributed by atoms with Crippen molar-refractivity contribution < 1.29 is 14.7 Å². The average molecular weight is 277 g/mol. The molecule has 2 unspecified atom stereocenters. The molecule has 3 N–H and O–H groups in total. The number of carbonyl (C=O) groups is 2. The van der Waals surface area contributed by atoms with Crippen LogP contribution in [-0.2, 0) is 4.79 Å². The van der Waals surface area contributed by atoms with E-state index in [1.54, 1.807) is 43.1 Å². The molecule has 1 aliphatic rings. The second-order valence-electron chi connectivity index (χ2n) is 5.00. The van der Waals surface area contributed by atoms with Crippen LogP contribution in [0.5, 0.6) is 0 Å². The number of aliphatic hydroxyl groups is 1. The zero-order chi connectivity index (χ0) is 14.7. The van der Waals surface area contributed by atoms with Gasteiger partial charge in [0.05, 0.1) is 6.10 Å². The Hall–Kier alpha value is -2.08. The van der Waals surface area contributed by atoms with Crippen molar-refractivity contribution in [3.05, 3.63) is 29.8 Å². The van der Waals surface area contributed by atoms with Gasteiger partial charge in [0, 0.05) is 19.3 Å². The molecule has 1 aromatic rings. The number of amides is 3. The number of nitrogens with zero attached hydrogens (tertiary/aromatic N) is 1. The third-order valence-electron chi connectivity index (χ3n) is 3.38. The predicted octanol–water partition coefficient (Wildman–Crippen LogP) is 1.09. The number of anilines is 1. The molecule has 0 bridgehead atoms. The summed E-state index contributed by atoms with van der Waals surface area (Å²) < 4.78 is 0. The Bertz CT molecular complexity index is 499. The second kappa shape index (κ2) is 5.92. The Morgan fingerprint density at radius 2 is 2.05 bits per heavy atom. The third-order valence-corrected chi connectivity index (χ3v) is 3.38. The quantitative estimate of drug-likeness (QED) is 0.773. The van der Waals surface area contributed by atoms with Gasteiger partial charge in [-0.3, -0.25) is 4.79 Å². The van der Waals surface area contributed by atoms with E-state index in [1.165, 1.54) is 0 Å². The lowest BCUT2D eigenvalue weighted by atomic mass is 10.1. The highest BCUT2D eigenvalue weighted by atomic mass is 16.3. The number of aliphatic hydroxyl groups excluding tert-OH is 1. The van der Waals surface area contributed by atoms with Gasteiger partial charge in [0.1, 0.15) is 6.04 Å². The fourth-order valence-electron chi connectivity index (χ4n) is 2.13. The van der Waals surface area contributed by atoms with E-state index < -0.39 is 18.2 Å². The maximum absolute atomic E-state index is 11.8. The van der Waals surface area contributed by atoms with Crippen LogP contribution < -0.4 is 10.6 Å². The van der Waals surface area contributed by atoms with Gasteiger partial charge in [-0.05, 0) is 31.0 Å². The number of likely N-dealkylation sites (N-methyl/N-ethyl adjacent to an activating group) is 1. The average Bonchev–Trinajstić information content (AvgIpc) is 2.71. The molecular weight excluding hydrogens is 258 g/mol. The van der Waals surface area contributed by atoms with Gasteiger partial charge in [-0.2, -0.15) is 0 Å². The summed E-state index contributed by atoms with van der Waals surface area (Å²) in [5.74, 6) is -0.0652. The summed E-state index contributed by atoms with van der Waals surface area (Å²) in [6.07, 6.45) is 0.0912. The largest absolute Gasteiger partial charge is 0.389 e. The predicted molar refractivity (Wildman–Crippen MR) is 75.3 cm³/mol. The van der Waals surface area contributed by atoms with Crippen LogP contribution in [0.4, 0.5) is 10.5 Å². The summed E-state index contributed by atoms with van der Waals surface area (Å²) in [6.45, 7) is 2.34. The van der Waals surface area contributed by atoms with Crippen molar-refractivity contribution in [3.8, 4) is 0 Å². The Kier molecular flexibility index (Phi) is 4.24. The fourth-order valence-corrected chi connectivity index (χ4v) is 2.13. The van der Waals surface area contributed by atoms with Crippen LogP contribution in [0.3, 0.4) is 0 Å². The Morgan fingerprint density at radius 1 is 1.40 bits per heavy atom. The van der Waals surface area contributed by atoms with E-state index in [0.29, 0.717) is 18.7 Å². The van der Waals surface area contributed by atoms with Gasteiger partial charge in [-0.1, -0.05) is 12.1 Å². The molecule has 0 aliphatic carbocycles. The lowest BCUT2D eigenvalue weighted by Gasteiger charge is -2.13. The van der Waals surface area contributed by atoms with Crippen molar-refractivity contribution in [2.75, 3.05) is 18.9 Å². The summed E-state index contributed by atoms with van der Waals surface area (Å²) >= 11 is 0. The second-order valence-corrected chi connectivity index (χ2v) is 5.00.